The van der Waals surface area contributed by atoms with Crippen molar-refractivity contribution in [3.63, 3.8) is 0 Å². The average Bonchev–Trinajstić information content (AvgIpc) is 3.20. The van der Waals surface area contributed by atoms with Gasteiger partial charge in [-0.05, 0) is 24.3 Å². The van der Waals surface area contributed by atoms with Crippen LogP contribution in [0.3, 0.4) is 0 Å². The zero-order valence-corrected chi connectivity index (χ0v) is 14.8. The van der Waals surface area contributed by atoms with Crippen LogP contribution in [0.25, 0.3) is 5.65 Å². The molecule has 3 aromatic heterocycles. The highest BCUT2D eigenvalue weighted by molar-refractivity contribution is 5.92. The summed E-state index contributed by atoms with van der Waals surface area (Å²) in [6, 6.07) is 9.15. The lowest BCUT2D eigenvalue weighted by Crippen LogP contribution is -2.44. The van der Waals surface area contributed by atoms with E-state index in [1.165, 1.54) is 0 Å². The van der Waals surface area contributed by atoms with Gasteiger partial charge in [-0.1, -0.05) is 6.07 Å². The SMILES string of the molecule is O=C(NC[C@@H](c1ccccn1)N1CCOCC1)Nc1cccn2cnnc12. The van der Waals surface area contributed by atoms with Gasteiger partial charge in [0.05, 0.1) is 30.6 Å². The molecule has 2 amide bonds. The second-order valence-corrected chi connectivity index (χ2v) is 6.24. The molecule has 4 rings (SSSR count). The second-order valence-electron chi connectivity index (χ2n) is 6.24. The molecule has 140 valence electrons. The van der Waals surface area contributed by atoms with E-state index in [1.807, 2.05) is 30.5 Å². The fourth-order valence-electron chi connectivity index (χ4n) is 3.19. The quantitative estimate of drug-likeness (QED) is 0.706. The number of pyridine rings is 2. The van der Waals surface area contributed by atoms with Gasteiger partial charge in [-0.2, -0.15) is 0 Å². The van der Waals surface area contributed by atoms with Gasteiger partial charge in [0.2, 0.25) is 0 Å². The Labute approximate surface area is 156 Å². The van der Waals surface area contributed by atoms with Gasteiger partial charge in [0.15, 0.2) is 5.65 Å². The van der Waals surface area contributed by atoms with E-state index in [2.05, 4.69) is 30.7 Å². The molecule has 1 aliphatic rings. The molecule has 2 N–H and O–H groups in total. The second kappa shape index (κ2) is 8.11. The summed E-state index contributed by atoms with van der Waals surface area (Å²) in [6.07, 6.45) is 5.19. The molecule has 4 heterocycles. The van der Waals surface area contributed by atoms with Crippen molar-refractivity contribution in [2.45, 2.75) is 6.04 Å². The molecular formula is C18H21N7O2. The number of aromatic nitrogens is 4. The molecule has 9 nitrogen and oxygen atoms in total. The van der Waals surface area contributed by atoms with E-state index in [0.717, 1.165) is 18.8 Å². The van der Waals surface area contributed by atoms with Crippen molar-refractivity contribution in [3.8, 4) is 0 Å². The smallest absolute Gasteiger partial charge is 0.319 e. The van der Waals surface area contributed by atoms with E-state index >= 15 is 0 Å². The van der Waals surface area contributed by atoms with Crippen LogP contribution in [0, 0.1) is 0 Å². The number of nitrogens with zero attached hydrogens (tertiary/aromatic N) is 5. The minimum Gasteiger partial charge on any atom is -0.379 e. The molecule has 1 fully saturated rings. The summed E-state index contributed by atoms with van der Waals surface area (Å²) in [6.45, 7) is 3.43. The summed E-state index contributed by atoms with van der Waals surface area (Å²) in [4.78, 5) is 19.2. The molecule has 1 aliphatic heterocycles. The first-order chi connectivity index (χ1) is 13.3. The van der Waals surface area contributed by atoms with Crippen molar-refractivity contribution in [3.05, 3.63) is 54.7 Å². The van der Waals surface area contributed by atoms with Crippen molar-refractivity contribution in [2.75, 3.05) is 38.2 Å². The Balaban J connectivity index is 1.44. The van der Waals surface area contributed by atoms with Gasteiger partial charge in [0, 0.05) is 32.0 Å². The zero-order valence-electron chi connectivity index (χ0n) is 14.8. The predicted octanol–water partition coefficient (Wildman–Crippen LogP) is 1.32. The molecule has 3 aromatic rings. The average molecular weight is 367 g/mol. The maximum Gasteiger partial charge on any atom is 0.319 e. The highest BCUT2D eigenvalue weighted by Crippen LogP contribution is 2.19. The van der Waals surface area contributed by atoms with Gasteiger partial charge in [-0.25, -0.2) is 4.79 Å². The minimum atomic E-state index is -0.291. The molecule has 0 bridgehead atoms. The molecule has 1 atom stereocenters. The standard InChI is InChI=1S/C18H21N7O2/c26-18(22-15-5-3-7-25-13-21-23-17(15)25)20-12-16(14-4-1-2-6-19-14)24-8-10-27-11-9-24/h1-7,13,16H,8-12H2,(H2,20,22,26)/t16-/m0/s1. The van der Waals surface area contributed by atoms with Crippen LogP contribution in [0.4, 0.5) is 10.5 Å². The van der Waals surface area contributed by atoms with Gasteiger partial charge >= 0.3 is 6.03 Å². The Morgan fingerprint density at radius 3 is 2.93 bits per heavy atom. The number of hydrogen-bond acceptors (Lipinski definition) is 6. The maximum atomic E-state index is 12.5. The number of hydrogen-bond donors (Lipinski definition) is 2. The summed E-state index contributed by atoms with van der Waals surface area (Å²) in [7, 11) is 0. The maximum absolute atomic E-state index is 12.5. The Bertz CT molecular complexity index is 893. The van der Waals surface area contributed by atoms with Crippen molar-refractivity contribution in [1.29, 1.82) is 0 Å². The Hall–Kier alpha value is -3.04. The first kappa shape index (κ1) is 17.4. The molecule has 1 saturated heterocycles. The lowest BCUT2D eigenvalue weighted by atomic mass is 10.1. The van der Waals surface area contributed by atoms with Crippen LogP contribution in [-0.2, 0) is 4.74 Å². The van der Waals surface area contributed by atoms with Crippen LogP contribution in [0.1, 0.15) is 11.7 Å². The van der Waals surface area contributed by atoms with Crippen molar-refractivity contribution in [2.24, 2.45) is 0 Å². The molecule has 27 heavy (non-hydrogen) atoms. The molecule has 0 unspecified atom stereocenters. The molecule has 9 heteroatoms. The summed E-state index contributed by atoms with van der Waals surface area (Å²) < 4.78 is 7.20. The van der Waals surface area contributed by atoms with E-state index in [0.29, 0.717) is 31.1 Å². The van der Waals surface area contributed by atoms with Gasteiger partial charge in [0.25, 0.3) is 0 Å². The summed E-state index contributed by atoms with van der Waals surface area (Å²) >= 11 is 0. The van der Waals surface area contributed by atoms with Crippen LogP contribution in [0.15, 0.2) is 49.1 Å². The van der Waals surface area contributed by atoms with Crippen LogP contribution < -0.4 is 10.6 Å². The third-order valence-corrected chi connectivity index (χ3v) is 4.54. The fourth-order valence-corrected chi connectivity index (χ4v) is 3.19. The number of ether oxygens (including phenoxy) is 1. The van der Waals surface area contributed by atoms with Gasteiger partial charge < -0.3 is 15.4 Å². The number of fused-ring (bicyclic) bond motifs is 1. The minimum absolute atomic E-state index is 0.00951. The fraction of sp³-hybridized carbons (Fsp3) is 0.333. The van der Waals surface area contributed by atoms with Gasteiger partial charge in [0.1, 0.15) is 6.33 Å². The summed E-state index contributed by atoms with van der Waals surface area (Å²) in [5.74, 6) is 0. The van der Waals surface area contributed by atoms with Crippen LogP contribution in [0.2, 0.25) is 0 Å². The number of amides is 2. The van der Waals surface area contributed by atoms with Crippen LogP contribution in [0.5, 0.6) is 0 Å². The first-order valence-electron chi connectivity index (χ1n) is 8.87. The lowest BCUT2D eigenvalue weighted by Gasteiger charge is -2.34. The molecule has 0 saturated carbocycles. The lowest BCUT2D eigenvalue weighted by molar-refractivity contribution is 0.0159. The largest absolute Gasteiger partial charge is 0.379 e. The zero-order chi connectivity index (χ0) is 18.5. The molecule has 0 spiro atoms. The highest BCUT2D eigenvalue weighted by Gasteiger charge is 2.24. The van der Waals surface area contributed by atoms with Crippen LogP contribution in [-0.4, -0.2) is 63.4 Å². The van der Waals surface area contributed by atoms with Crippen LogP contribution >= 0.6 is 0 Å². The number of anilines is 1. The number of carbonyl (C=O) groups is 1. The Morgan fingerprint density at radius 2 is 2.11 bits per heavy atom. The Morgan fingerprint density at radius 1 is 1.22 bits per heavy atom. The van der Waals surface area contributed by atoms with Gasteiger partial charge in [-0.15, -0.1) is 10.2 Å². The molecule has 0 radical (unpaired) electrons. The number of carbonyl (C=O) groups excluding carboxylic acids is 1. The number of morpholine rings is 1. The summed E-state index contributed by atoms with van der Waals surface area (Å²) in [5, 5.41) is 13.7. The molecule has 0 aromatic carbocycles. The highest BCUT2D eigenvalue weighted by atomic mass is 16.5. The predicted molar refractivity (Wildman–Crippen MR) is 99.4 cm³/mol. The van der Waals surface area contributed by atoms with Crippen molar-refractivity contribution < 1.29 is 9.53 Å². The molecule has 0 aliphatic carbocycles. The van der Waals surface area contributed by atoms with E-state index in [-0.39, 0.29) is 12.1 Å². The normalized spacial score (nSPS) is 16.1. The number of rotatable bonds is 5. The van der Waals surface area contributed by atoms with E-state index in [1.54, 1.807) is 23.0 Å². The van der Waals surface area contributed by atoms with Gasteiger partial charge in [-0.3, -0.25) is 14.3 Å². The number of nitrogens with one attached hydrogen (secondary N) is 2. The monoisotopic (exact) mass is 367 g/mol. The number of urea groups is 1. The van der Waals surface area contributed by atoms with Crippen molar-refractivity contribution in [1.82, 2.24) is 29.8 Å². The third kappa shape index (κ3) is 4.04. The molecular weight excluding hydrogens is 346 g/mol. The van der Waals surface area contributed by atoms with E-state index < -0.39 is 0 Å². The Kier molecular flexibility index (Phi) is 5.22. The van der Waals surface area contributed by atoms with E-state index in [4.69, 9.17) is 4.74 Å². The third-order valence-electron chi connectivity index (χ3n) is 4.54. The first-order valence-corrected chi connectivity index (χ1v) is 8.87. The summed E-state index contributed by atoms with van der Waals surface area (Å²) in [5.41, 5.74) is 2.13. The van der Waals surface area contributed by atoms with E-state index in [9.17, 15) is 4.79 Å². The van der Waals surface area contributed by atoms with Crippen molar-refractivity contribution >= 4 is 17.4 Å². The topological polar surface area (TPSA) is 96.7 Å².